The second kappa shape index (κ2) is 5.26. The number of rotatable bonds is 3. The van der Waals surface area contributed by atoms with E-state index in [1.54, 1.807) is 12.3 Å². The lowest BCUT2D eigenvalue weighted by atomic mass is 9.95. The number of carbonyl (C=O) groups is 1. The molecule has 1 heterocycles. The van der Waals surface area contributed by atoms with Crippen molar-refractivity contribution < 1.29 is 10.0 Å². The summed E-state index contributed by atoms with van der Waals surface area (Å²) in [6.45, 7) is 1.87. The topological polar surface area (TPSA) is 101 Å². The van der Waals surface area contributed by atoms with Crippen LogP contribution < -0.4 is 11.1 Å². The first-order valence-electron chi connectivity index (χ1n) is 6.29. The molecule has 1 amide bonds. The normalized spacial score (nSPS) is 18.3. The molecule has 102 valence electrons. The molecule has 6 nitrogen and oxygen atoms in total. The number of pyridine rings is 1. The van der Waals surface area contributed by atoms with Crippen LogP contribution in [0.2, 0.25) is 0 Å². The Labute approximate surface area is 111 Å². The molecule has 1 aliphatic rings. The van der Waals surface area contributed by atoms with Gasteiger partial charge in [0, 0.05) is 12.4 Å². The molecule has 0 atom stereocenters. The summed E-state index contributed by atoms with van der Waals surface area (Å²) in [5, 5.41) is 14.9. The number of carbonyl (C=O) groups excluding carboxylic acids is 1. The van der Waals surface area contributed by atoms with Crippen LogP contribution in [-0.2, 0) is 0 Å². The Hall–Kier alpha value is -2.11. The average Bonchev–Trinajstić information content (AvgIpc) is 2.87. The van der Waals surface area contributed by atoms with Crippen LogP contribution in [0, 0.1) is 6.92 Å². The molecule has 1 fully saturated rings. The zero-order valence-electron chi connectivity index (χ0n) is 10.9. The number of nitrogens with one attached hydrogen (secondary N) is 1. The molecule has 1 aromatic heterocycles. The van der Waals surface area contributed by atoms with Crippen molar-refractivity contribution in [1.29, 1.82) is 0 Å². The number of oxime groups is 1. The predicted octanol–water partition coefficient (Wildman–Crippen LogP) is 1.18. The number of amidine groups is 1. The Morgan fingerprint density at radius 2 is 2.16 bits per heavy atom. The highest BCUT2D eigenvalue weighted by Crippen LogP contribution is 2.30. The first-order valence-corrected chi connectivity index (χ1v) is 6.29. The molecule has 19 heavy (non-hydrogen) atoms. The fraction of sp³-hybridized carbons (Fsp3) is 0.462. The van der Waals surface area contributed by atoms with E-state index in [1.165, 1.54) is 6.20 Å². The smallest absolute Gasteiger partial charge is 0.253 e. The van der Waals surface area contributed by atoms with E-state index >= 15 is 0 Å². The summed E-state index contributed by atoms with van der Waals surface area (Å²) in [6, 6.07) is 1.76. The molecule has 1 aromatic rings. The third-order valence-electron chi connectivity index (χ3n) is 3.55. The average molecular weight is 262 g/mol. The van der Waals surface area contributed by atoms with E-state index < -0.39 is 5.54 Å². The van der Waals surface area contributed by atoms with Gasteiger partial charge < -0.3 is 16.3 Å². The maximum absolute atomic E-state index is 12.2. The quantitative estimate of drug-likeness (QED) is 0.329. The summed E-state index contributed by atoms with van der Waals surface area (Å²) in [7, 11) is 0. The number of nitrogens with zero attached hydrogens (tertiary/aromatic N) is 2. The molecule has 0 aromatic carbocycles. The van der Waals surface area contributed by atoms with Crippen LogP contribution in [0.1, 0.15) is 41.6 Å². The van der Waals surface area contributed by atoms with Crippen molar-refractivity contribution in [3.63, 3.8) is 0 Å². The summed E-state index contributed by atoms with van der Waals surface area (Å²) < 4.78 is 0. The summed E-state index contributed by atoms with van der Waals surface area (Å²) in [5.74, 6) is -0.177. The summed E-state index contributed by atoms with van der Waals surface area (Å²) in [4.78, 5) is 16.2. The van der Waals surface area contributed by atoms with Crippen LogP contribution >= 0.6 is 0 Å². The molecule has 0 unspecified atom stereocenters. The number of hydrogen-bond donors (Lipinski definition) is 3. The van der Waals surface area contributed by atoms with Crippen LogP contribution in [-0.4, -0.2) is 27.5 Å². The first-order chi connectivity index (χ1) is 9.07. The fourth-order valence-electron chi connectivity index (χ4n) is 2.49. The van der Waals surface area contributed by atoms with Crippen molar-refractivity contribution in [3.8, 4) is 0 Å². The molecular formula is C13H18N4O2. The van der Waals surface area contributed by atoms with Gasteiger partial charge in [-0.25, -0.2) is 0 Å². The van der Waals surface area contributed by atoms with Crippen LogP contribution in [0.25, 0.3) is 0 Å². The highest BCUT2D eigenvalue weighted by atomic mass is 16.4. The Morgan fingerprint density at radius 1 is 1.47 bits per heavy atom. The lowest BCUT2D eigenvalue weighted by Gasteiger charge is -2.28. The van der Waals surface area contributed by atoms with Gasteiger partial charge in [-0.3, -0.25) is 9.78 Å². The SMILES string of the molecule is Cc1cncc(C(=O)NC2(C(N)=NO)CCCC2)c1. The molecule has 0 radical (unpaired) electrons. The van der Waals surface area contributed by atoms with Gasteiger partial charge in [-0.1, -0.05) is 18.0 Å². The summed E-state index contributed by atoms with van der Waals surface area (Å²) in [6.07, 6.45) is 6.47. The highest BCUT2D eigenvalue weighted by molar-refractivity contribution is 6.00. The highest BCUT2D eigenvalue weighted by Gasteiger charge is 2.39. The van der Waals surface area contributed by atoms with Crippen molar-refractivity contribution in [1.82, 2.24) is 10.3 Å². The van der Waals surface area contributed by atoms with Crippen molar-refractivity contribution >= 4 is 11.7 Å². The van der Waals surface area contributed by atoms with E-state index in [0.29, 0.717) is 18.4 Å². The minimum absolute atomic E-state index is 0.0685. The van der Waals surface area contributed by atoms with Crippen LogP contribution in [0.3, 0.4) is 0 Å². The van der Waals surface area contributed by atoms with Crippen molar-refractivity contribution in [2.45, 2.75) is 38.1 Å². The van der Waals surface area contributed by atoms with Crippen molar-refractivity contribution in [2.24, 2.45) is 10.9 Å². The van der Waals surface area contributed by atoms with Gasteiger partial charge in [0.25, 0.3) is 5.91 Å². The third-order valence-corrected chi connectivity index (χ3v) is 3.55. The molecule has 4 N–H and O–H groups in total. The largest absolute Gasteiger partial charge is 0.409 e. The third kappa shape index (κ3) is 2.67. The Kier molecular flexibility index (Phi) is 3.69. The van der Waals surface area contributed by atoms with Gasteiger partial charge >= 0.3 is 0 Å². The maximum Gasteiger partial charge on any atom is 0.253 e. The molecule has 0 bridgehead atoms. The lowest BCUT2D eigenvalue weighted by molar-refractivity contribution is 0.0922. The number of aryl methyl sites for hydroxylation is 1. The van der Waals surface area contributed by atoms with Gasteiger partial charge in [-0.2, -0.15) is 0 Å². The minimum atomic E-state index is -0.727. The van der Waals surface area contributed by atoms with E-state index in [4.69, 9.17) is 10.9 Å². The first kappa shape index (κ1) is 13.3. The predicted molar refractivity (Wildman–Crippen MR) is 71.0 cm³/mol. The summed E-state index contributed by atoms with van der Waals surface area (Å²) >= 11 is 0. The molecule has 2 rings (SSSR count). The number of aromatic nitrogens is 1. The van der Waals surface area contributed by atoms with Gasteiger partial charge in [0.1, 0.15) is 5.54 Å². The molecule has 6 heteroatoms. The van der Waals surface area contributed by atoms with Crippen LogP contribution in [0.4, 0.5) is 0 Å². The van der Waals surface area contributed by atoms with Crippen molar-refractivity contribution in [3.05, 3.63) is 29.6 Å². The van der Waals surface area contributed by atoms with Gasteiger partial charge in [0.15, 0.2) is 5.84 Å². The molecule has 0 saturated heterocycles. The molecule has 1 saturated carbocycles. The van der Waals surface area contributed by atoms with Crippen molar-refractivity contribution in [2.75, 3.05) is 0 Å². The fourth-order valence-corrected chi connectivity index (χ4v) is 2.49. The second-order valence-electron chi connectivity index (χ2n) is 4.98. The van der Waals surface area contributed by atoms with Gasteiger partial charge in [0.2, 0.25) is 0 Å². The standard InChI is InChI=1S/C13H18N4O2/c1-9-6-10(8-15-7-9)11(18)16-13(12(14)17-19)4-2-3-5-13/h6-8,19H,2-5H2,1H3,(H2,14,17)(H,16,18). The van der Waals surface area contributed by atoms with E-state index in [2.05, 4.69) is 15.5 Å². The van der Waals surface area contributed by atoms with Crippen LogP contribution in [0.5, 0.6) is 0 Å². The zero-order chi connectivity index (χ0) is 13.9. The van der Waals surface area contributed by atoms with E-state index in [-0.39, 0.29) is 11.7 Å². The molecule has 0 aliphatic heterocycles. The van der Waals surface area contributed by atoms with Gasteiger partial charge in [-0.15, -0.1) is 0 Å². The van der Waals surface area contributed by atoms with E-state index in [0.717, 1.165) is 18.4 Å². The Bertz CT molecular complexity index is 507. The van der Waals surface area contributed by atoms with Crippen LogP contribution in [0.15, 0.2) is 23.6 Å². The monoisotopic (exact) mass is 262 g/mol. The minimum Gasteiger partial charge on any atom is -0.409 e. The zero-order valence-corrected chi connectivity index (χ0v) is 10.9. The molecule has 0 spiro atoms. The number of amides is 1. The maximum atomic E-state index is 12.2. The van der Waals surface area contributed by atoms with E-state index in [1.807, 2.05) is 6.92 Å². The van der Waals surface area contributed by atoms with E-state index in [9.17, 15) is 4.79 Å². The molecule has 1 aliphatic carbocycles. The molecular weight excluding hydrogens is 244 g/mol. The Balaban J connectivity index is 2.21. The Morgan fingerprint density at radius 3 is 2.74 bits per heavy atom. The van der Waals surface area contributed by atoms with Gasteiger partial charge in [-0.05, 0) is 31.4 Å². The lowest BCUT2D eigenvalue weighted by Crippen LogP contribution is -2.55. The number of hydrogen-bond acceptors (Lipinski definition) is 4. The summed E-state index contributed by atoms with van der Waals surface area (Å²) in [5.41, 5.74) is 6.41. The van der Waals surface area contributed by atoms with Gasteiger partial charge in [0.05, 0.1) is 5.56 Å². The number of nitrogens with two attached hydrogens (primary N) is 1. The second-order valence-corrected chi connectivity index (χ2v) is 4.98.